The van der Waals surface area contributed by atoms with E-state index in [0.717, 1.165) is 25.0 Å². The highest BCUT2D eigenvalue weighted by molar-refractivity contribution is 6.32. The average Bonchev–Trinajstić information content (AvgIpc) is 2.85. The molecule has 1 aliphatic rings. The second-order valence-electron chi connectivity index (χ2n) is 4.71. The van der Waals surface area contributed by atoms with Gasteiger partial charge in [0.05, 0.1) is 18.2 Å². The van der Waals surface area contributed by atoms with Gasteiger partial charge in [0.15, 0.2) is 0 Å². The Balaban J connectivity index is 2.04. The third kappa shape index (κ3) is 3.37. The van der Waals surface area contributed by atoms with Gasteiger partial charge in [-0.1, -0.05) is 24.6 Å². The van der Waals surface area contributed by atoms with Gasteiger partial charge in [-0.2, -0.15) is 0 Å². The predicted octanol–water partition coefficient (Wildman–Crippen LogP) is 2.99. The molecule has 0 aromatic heterocycles. The fraction of sp³-hybridized carbons (Fsp3) is 0.571. The second-order valence-corrected chi connectivity index (χ2v) is 5.11. The zero-order valence-corrected chi connectivity index (χ0v) is 11.3. The maximum absolute atomic E-state index is 8.94. The van der Waals surface area contributed by atoms with E-state index in [1.165, 1.54) is 0 Å². The molecule has 3 nitrogen and oxygen atoms in total. The smallest absolute Gasteiger partial charge is 0.138 e. The molecule has 0 amide bonds. The van der Waals surface area contributed by atoms with Crippen LogP contribution in [0.2, 0.25) is 5.02 Å². The minimum Gasteiger partial charge on any atom is -0.486 e. The van der Waals surface area contributed by atoms with Crippen molar-refractivity contribution in [2.75, 3.05) is 19.8 Å². The molecule has 1 aromatic rings. The first-order valence-corrected chi connectivity index (χ1v) is 6.73. The maximum Gasteiger partial charge on any atom is 0.138 e. The summed E-state index contributed by atoms with van der Waals surface area (Å²) >= 11 is 6.22. The number of aliphatic hydroxyl groups excluding tert-OH is 1. The highest BCUT2D eigenvalue weighted by Crippen LogP contribution is 2.31. The van der Waals surface area contributed by atoms with Gasteiger partial charge in [-0.3, -0.25) is 0 Å². The number of hydrogen-bond acceptors (Lipinski definition) is 3. The highest BCUT2D eigenvalue weighted by Gasteiger charge is 2.18. The fourth-order valence-electron chi connectivity index (χ4n) is 2.06. The molecule has 0 radical (unpaired) electrons. The van der Waals surface area contributed by atoms with Crippen molar-refractivity contribution in [3.05, 3.63) is 28.8 Å². The zero-order valence-electron chi connectivity index (χ0n) is 10.6. The molecule has 18 heavy (non-hydrogen) atoms. The van der Waals surface area contributed by atoms with Crippen molar-refractivity contribution in [3.63, 3.8) is 0 Å². The number of rotatable bonds is 5. The molecule has 1 saturated heterocycles. The van der Waals surface area contributed by atoms with Crippen LogP contribution in [0.4, 0.5) is 0 Å². The quantitative estimate of drug-likeness (QED) is 0.894. The van der Waals surface area contributed by atoms with E-state index in [1.807, 2.05) is 18.2 Å². The molecule has 2 unspecified atom stereocenters. The highest BCUT2D eigenvalue weighted by atomic mass is 35.5. The number of benzene rings is 1. The first-order chi connectivity index (χ1) is 8.70. The molecule has 0 aliphatic carbocycles. The first kappa shape index (κ1) is 13.7. The molecule has 1 aromatic carbocycles. The van der Waals surface area contributed by atoms with Gasteiger partial charge in [-0.15, -0.1) is 0 Å². The zero-order chi connectivity index (χ0) is 13.0. The molecule has 2 rings (SSSR count). The van der Waals surface area contributed by atoms with Gasteiger partial charge in [0.2, 0.25) is 0 Å². The van der Waals surface area contributed by atoms with Crippen LogP contribution in [-0.4, -0.2) is 31.0 Å². The Hall–Kier alpha value is -0.770. The van der Waals surface area contributed by atoms with Crippen molar-refractivity contribution < 1.29 is 14.6 Å². The van der Waals surface area contributed by atoms with Crippen LogP contribution in [0.1, 0.15) is 31.2 Å². The Bertz CT molecular complexity index is 389. The summed E-state index contributed by atoms with van der Waals surface area (Å²) in [5.41, 5.74) is 1.13. The first-order valence-electron chi connectivity index (χ1n) is 6.35. The van der Waals surface area contributed by atoms with Gasteiger partial charge in [0.25, 0.3) is 0 Å². The molecule has 0 bridgehead atoms. The maximum atomic E-state index is 8.94. The third-order valence-corrected chi connectivity index (χ3v) is 3.56. The van der Waals surface area contributed by atoms with Crippen LogP contribution in [0.5, 0.6) is 5.75 Å². The standard InChI is InChI=1S/C14H19ClO3/c1-10(4-6-16)11-2-3-14(13(15)8-11)18-12-5-7-17-9-12/h2-3,8,10,12,16H,4-7,9H2,1H3. The van der Waals surface area contributed by atoms with Gasteiger partial charge in [-0.05, 0) is 30.0 Å². The second kappa shape index (κ2) is 6.41. The predicted molar refractivity (Wildman–Crippen MR) is 71.4 cm³/mol. The van der Waals surface area contributed by atoms with Crippen molar-refractivity contribution in [1.29, 1.82) is 0 Å². The molecule has 0 spiro atoms. The van der Waals surface area contributed by atoms with Crippen molar-refractivity contribution in [3.8, 4) is 5.75 Å². The molecule has 1 aliphatic heterocycles. The lowest BCUT2D eigenvalue weighted by molar-refractivity contribution is 0.141. The summed E-state index contributed by atoms with van der Waals surface area (Å²) < 4.78 is 11.1. The molecule has 1 heterocycles. The van der Waals surface area contributed by atoms with E-state index in [9.17, 15) is 0 Å². The van der Waals surface area contributed by atoms with E-state index < -0.39 is 0 Å². The van der Waals surface area contributed by atoms with Crippen LogP contribution in [-0.2, 0) is 4.74 Å². The van der Waals surface area contributed by atoms with E-state index in [0.29, 0.717) is 23.3 Å². The van der Waals surface area contributed by atoms with Gasteiger partial charge in [-0.25, -0.2) is 0 Å². The van der Waals surface area contributed by atoms with E-state index in [1.54, 1.807) is 0 Å². The summed E-state index contributed by atoms with van der Waals surface area (Å²) in [7, 11) is 0. The summed E-state index contributed by atoms with van der Waals surface area (Å²) in [5.74, 6) is 1.02. The normalized spacial score (nSPS) is 20.9. The van der Waals surface area contributed by atoms with Crippen molar-refractivity contribution in [2.24, 2.45) is 0 Å². The Morgan fingerprint density at radius 2 is 2.39 bits per heavy atom. The molecular weight excluding hydrogens is 252 g/mol. The summed E-state index contributed by atoms with van der Waals surface area (Å²) in [6, 6.07) is 5.84. The van der Waals surface area contributed by atoms with Crippen LogP contribution in [0, 0.1) is 0 Å². The lowest BCUT2D eigenvalue weighted by atomic mass is 9.98. The van der Waals surface area contributed by atoms with Crippen LogP contribution >= 0.6 is 11.6 Å². The number of ether oxygens (including phenoxy) is 2. The summed E-state index contributed by atoms with van der Waals surface area (Å²) in [6.07, 6.45) is 1.77. The van der Waals surface area contributed by atoms with Crippen LogP contribution in [0.15, 0.2) is 18.2 Å². The summed E-state index contributed by atoms with van der Waals surface area (Å²) in [5, 5.41) is 9.57. The minimum absolute atomic E-state index is 0.114. The topological polar surface area (TPSA) is 38.7 Å². The van der Waals surface area contributed by atoms with Crippen molar-refractivity contribution in [1.82, 2.24) is 0 Å². The Labute approximate surface area is 113 Å². The van der Waals surface area contributed by atoms with Crippen LogP contribution in [0.3, 0.4) is 0 Å². The molecule has 100 valence electrons. The molecule has 1 fully saturated rings. The lowest BCUT2D eigenvalue weighted by Crippen LogP contribution is -2.15. The van der Waals surface area contributed by atoms with Crippen molar-refractivity contribution >= 4 is 11.6 Å². The molecule has 1 N–H and O–H groups in total. The summed E-state index contributed by atoms with van der Waals surface area (Å²) in [6.45, 7) is 3.66. The van der Waals surface area contributed by atoms with Gasteiger partial charge in [0.1, 0.15) is 11.9 Å². The molecule has 2 atom stereocenters. The van der Waals surface area contributed by atoms with Gasteiger partial charge < -0.3 is 14.6 Å². The third-order valence-electron chi connectivity index (χ3n) is 3.27. The Morgan fingerprint density at radius 1 is 1.56 bits per heavy atom. The van der Waals surface area contributed by atoms with Crippen LogP contribution < -0.4 is 4.74 Å². The van der Waals surface area contributed by atoms with E-state index in [2.05, 4.69) is 6.92 Å². The minimum atomic E-state index is 0.114. The lowest BCUT2D eigenvalue weighted by Gasteiger charge is -2.16. The van der Waals surface area contributed by atoms with E-state index >= 15 is 0 Å². The Kier molecular flexibility index (Phi) is 4.87. The Morgan fingerprint density at radius 3 is 3.00 bits per heavy atom. The number of aliphatic hydroxyl groups is 1. The van der Waals surface area contributed by atoms with E-state index in [4.69, 9.17) is 26.2 Å². The average molecular weight is 271 g/mol. The van der Waals surface area contributed by atoms with Crippen molar-refractivity contribution in [2.45, 2.75) is 31.8 Å². The van der Waals surface area contributed by atoms with Gasteiger partial charge in [0, 0.05) is 13.0 Å². The molecular formula is C14H19ClO3. The van der Waals surface area contributed by atoms with Gasteiger partial charge >= 0.3 is 0 Å². The molecule has 0 saturated carbocycles. The van der Waals surface area contributed by atoms with Crippen LogP contribution in [0.25, 0.3) is 0 Å². The number of halogens is 1. The monoisotopic (exact) mass is 270 g/mol. The summed E-state index contributed by atoms with van der Waals surface area (Å²) in [4.78, 5) is 0. The van der Waals surface area contributed by atoms with E-state index in [-0.39, 0.29) is 12.7 Å². The molecule has 4 heteroatoms. The fourth-order valence-corrected chi connectivity index (χ4v) is 2.30. The SMILES string of the molecule is CC(CCO)c1ccc(OC2CCOC2)c(Cl)c1. The number of hydrogen-bond donors (Lipinski definition) is 1. The largest absolute Gasteiger partial charge is 0.486 e.